The molecular weight excluding hydrogens is 244 g/mol. The highest BCUT2D eigenvalue weighted by atomic mass is 35.5. The van der Waals surface area contributed by atoms with Gasteiger partial charge in [0.15, 0.2) is 0 Å². The van der Waals surface area contributed by atoms with Crippen LogP contribution in [-0.4, -0.2) is 4.98 Å². The van der Waals surface area contributed by atoms with E-state index in [1.165, 1.54) is 16.7 Å². The maximum absolute atomic E-state index is 6.13. The second-order valence-corrected chi connectivity index (χ2v) is 4.99. The van der Waals surface area contributed by atoms with Gasteiger partial charge in [0.1, 0.15) is 0 Å². The van der Waals surface area contributed by atoms with Crippen molar-refractivity contribution in [2.75, 3.05) is 0 Å². The summed E-state index contributed by atoms with van der Waals surface area (Å²) in [6, 6.07) is 10.4. The van der Waals surface area contributed by atoms with Gasteiger partial charge in [-0.1, -0.05) is 18.2 Å². The Balaban J connectivity index is 0.00000162. The summed E-state index contributed by atoms with van der Waals surface area (Å²) in [4.78, 5) is 4.12. The van der Waals surface area contributed by atoms with Crippen LogP contribution in [0.15, 0.2) is 42.7 Å². The molecular formula is C15H19ClN2. The largest absolute Gasteiger partial charge is 0.322 e. The van der Waals surface area contributed by atoms with Crippen molar-refractivity contribution < 1.29 is 0 Å². The van der Waals surface area contributed by atoms with Gasteiger partial charge in [-0.05, 0) is 55.2 Å². The van der Waals surface area contributed by atoms with Gasteiger partial charge < -0.3 is 5.73 Å². The molecule has 0 atom stereocenters. The van der Waals surface area contributed by atoms with Crippen LogP contribution in [0.1, 0.15) is 25.0 Å². The summed E-state index contributed by atoms with van der Waals surface area (Å²) in [6.45, 7) is 6.11. The number of nitrogens with zero attached hydrogens (tertiary/aromatic N) is 1. The Morgan fingerprint density at radius 3 is 2.50 bits per heavy atom. The van der Waals surface area contributed by atoms with Gasteiger partial charge in [0.2, 0.25) is 0 Å². The minimum absolute atomic E-state index is 0. The SMILES string of the molecule is Cc1cnccc1-c1cccc(C(C)(C)N)c1.Cl. The number of nitrogens with two attached hydrogens (primary N) is 1. The fourth-order valence-corrected chi connectivity index (χ4v) is 1.88. The Bertz CT molecular complexity index is 530. The number of aromatic nitrogens is 1. The van der Waals surface area contributed by atoms with Crippen molar-refractivity contribution in [2.24, 2.45) is 5.73 Å². The molecule has 1 heterocycles. The zero-order chi connectivity index (χ0) is 12.5. The molecule has 2 rings (SSSR count). The summed E-state index contributed by atoms with van der Waals surface area (Å²) in [5.41, 5.74) is 10.6. The first-order valence-electron chi connectivity index (χ1n) is 5.79. The fraction of sp³-hybridized carbons (Fsp3) is 0.267. The number of aryl methyl sites for hydroxylation is 1. The molecule has 0 aliphatic carbocycles. The predicted octanol–water partition coefficient (Wildman–Crippen LogP) is 3.67. The molecule has 0 radical (unpaired) electrons. The summed E-state index contributed by atoms with van der Waals surface area (Å²) in [7, 11) is 0. The molecule has 2 N–H and O–H groups in total. The van der Waals surface area contributed by atoms with Crippen molar-refractivity contribution in [2.45, 2.75) is 26.3 Å². The first-order valence-corrected chi connectivity index (χ1v) is 5.79. The third-order valence-corrected chi connectivity index (χ3v) is 2.94. The maximum atomic E-state index is 6.13. The summed E-state index contributed by atoms with van der Waals surface area (Å²) in [5, 5.41) is 0. The van der Waals surface area contributed by atoms with Crippen molar-refractivity contribution in [1.82, 2.24) is 4.98 Å². The van der Waals surface area contributed by atoms with E-state index in [9.17, 15) is 0 Å². The average molecular weight is 263 g/mol. The van der Waals surface area contributed by atoms with Gasteiger partial charge in [0, 0.05) is 17.9 Å². The van der Waals surface area contributed by atoms with Crippen LogP contribution in [-0.2, 0) is 5.54 Å². The minimum Gasteiger partial charge on any atom is -0.322 e. The number of halogens is 1. The standard InChI is InChI=1S/C15H18N2.ClH/c1-11-10-17-8-7-14(11)12-5-4-6-13(9-12)15(2,3)16;/h4-10H,16H2,1-3H3;1H. The molecule has 1 aromatic carbocycles. The number of pyridine rings is 1. The van der Waals surface area contributed by atoms with Gasteiger partial charge >= 0.3 is 0 Å². The molecule has 2 nitrogen and oxygen atoms in total. The van der Waals surface area contributed by atoms with Gasteiger partial charge in [0.25, 0.3) is 0 Å². The number of hydrogen-bond donors (Lipinski definition) is 1. The molecule has 0 unspecified atom stereocenters. The van der Waals surface area contributed by atoms with E-state index in [1.807, 2.05) is 32.3 Å². The molecule has 3 heteroatoms. The highest BCUT2D eigenvalue weighted by Gasteiger charge is 2.14. The van der Waals surface area contributed by atoms with E-state index in [-0.39, 0.29) is 17.9 Å². The molecule has 0 amide bonds. The Labute approximate surface area is 115 Å². The smallest absolute Gasteiger partial charge is 0.0352 e. The minimum atomic E-state index is -0.309. The molecule has 1 aromatic heterocycles. The van der Waals surface area contributed by atoms with Crippen LogP contribution in [0.4, 0.5) is 0 Å². The van der Waals surface area contributed by atoms with Gasteiger partial charge in [-0.25, -0.2) is 0 Å². The molecule has 0 fully saturated rings. The predicted molar refractivity (Wildman–Crippen MR) is 78.9 cm³/mol. The second-order valence-electron chi connectivity index (χ2n) is 4.99. The molecule has 0 aliphatic heterocycles. The summed E-state index contributed by atoms with van der Waals surface area (Å²) >= 11 is 0. The van der Waals surface area contributed by atoms with E-state index in [1.54, 1.807) is 0 Å². The lowest BCUT2D eigenvalue weighted by Crippen LogP contribution is -2.28. The zero-order valence-electron chi connectivity index (χ0n) is 11.0. The van der Waals surface area contributed by atoms with Crippen molar-refractivity contribution in [3.63, 3.8) is 0 Å². The number of hydrogen-bond acceptors (Lipinski definition) is 2. The Morgan fingerprint density at radius 1 is 1.17 bits per heavy atom. The lowest BCUT2D eigenvalue weighted by atomic mass is 9.92. The van der Waals surface area contributed by atoms with Crippen molar-refractivity contribution in [3.05, 3.63) is 53.9 Å². The van der Waals surface area contributed by atoms with Gasteiger partial charge in [-0.2, -0.15) is 0 Å². The lowest BCUT2D eigenvalue weighted by molar-refractivity contribution is 0.554. The van der Waals surface area contributed by atoms with E-state index in [0.29, 0.717) is 0 Å². The molecule has 0 bridgehead atoms. The third-order valence-electron chi connectivity index (χ3n) is 2.94. The Morgan fingerprint density at radius 2 is 1.89 bits per heavy atom. The van der Waals surface area contributed by atoms with Crippen LogP contribution in [0.2, 0.25) is 0 Å². The normalized spacial score (nSPS) is 10.9. The topological polar surface area (TPSA) is 38.9 Å². The molecule has 0 saturated carbocycles. The summed E-state index contributed by atoms with van der Waals surface area (Å²) in [6.07, 6.45) is 3.71. The van der Waals surface area contributed by atoms with Gasteiger partial charge in [-0.15, -0.1) is 12.4 Å². The zero-order valence-corrected chi connectivity index (χ0v) is 11.8. The third kappa shape index (κ3) is 3.09. The maximum Gasteiger partial charge on any atom is 0.0352 e. The van der Waals surface area contributed by atoms with E-state index in [2.05, 4.69) is 36.2 Å². The van der Waals surface area contributed by atoms with Crippen molar-refractivity contribution in [3.8, 4) is 11.1 Å². The summed E-state index contributed by atoms with van der Waals surface area (Å²) in [5.74, 6) is 0. The molecule has 0 spiro atoms. The second kappa shape index (κ2) is 5.51. The molecule has 18 heavy (non-hydrogen) atoms. The lowest BCUT2D eigenvalue weighted by Gasteiger charge is -2.20. The van der Waals surface area contributed by atoms with Crippen LogP contribution in [0, 0.1) is 6.92 Å². The number of benzene rings is 1. The molecule has 2 aromatic rings. The quantitative estimate of drug-likeness (QED) is 0.897. The van der Waals surface area contributed by atoms with E-state index in [0.717, 1.165) is 5.56 Å². The first kappa shape index (κ1) is 14.7. The van der Waals surface area contributed by atoms with Crippen molar-refractivity contribution in [1.29, 1.82) is 0 Å². The first-order chi connectivity index (χ1) is 7.98. The van der Waals surface area contributed by atoms with Crippen LogP contribution in [0.5, 0.6) is 0 Å². The monoisotopic (exact) mass is 262 g/mol. The van der Waals surface area contributed by atoms with E-state index < -0.39 is 0 Å². The van der Waals surface area contributed by atoms with Crippen molar-refractivity contribution >= 4 is 12.4 Å². The average Bonchev–Trinajstić information content (AvgIpc) is 2.29. The van der Waals surface area contributed by atoms with Gasteiger partial charge in [-0.3, -0.25) is 4.98 Å². The van der Waals surface area contributed by atoms with E-state index in [4.69, 9.17) is 5.73 Å². The molecule has 0 saturated heterocycles. The number of rotatable bonds is 2. The summed E-state index contributed by atoms with van der Waals surface area (Å²) < 4.78 is 0. The fourth-order valence-electron chi connectivity index (χ4n) is 1.88. The van der Waals surface area contributed by atoms with Crippen LogP contribution < -0.4 is 5.73 Å². The van der Waals surface area contributed by atoms with Crippen LogP contribution in [0.25, 0.3) is 11.1 Å². The highest BCUT2D eigenvalue weighted by molar-refractivity contribution is 5.85. The molecule has 0 aliphatic rings. The van der Waals surface area contributed by atoms with Crippen LogP contribution >= 0.6 is 12.4 Å². The van der Waals surface area contributed by atoms with Gasteiger partial charge in [0.05, 0.1) is 0 Å². The Hall–Kier alpha value is -1.38. The molecule has 96 valence electrons. The van der Waals surface area contributed by atoms with Crippen LogP contribution in [0.3, 0.4) is 0 Å². The van der Waals surface area contributed by atoms with E-state index >= 15 is 0 Å². The highest BCUT2D eigenvalue weighted by Crippen LogP contribution is 2.26. The Kier molecular flexibility index (Phi) is 4.49.